The van der Waals surface area contributed by atoms with Crippen LogP contribution in [-0.2, 0) is 6.18 Å². The molecule has 0 aromatic carbocycles. The van der Waals surface area contributed by atoms with Crippen LogP contribution in [0.2, 0.25) is 0 Å². The normalized spacial score (nSPS) is 28.8. The van der Waals surface area contributed by atoms with Crippen LogP contribution in [0.3, 0.4) is 0 Å². The van der Waals surface area contributed by atoms with Crippen LogP contribution in [0.1, 0.15) is 44.9 Å². The number of aromatic nitrogens is 2. The van der Waals surface area contributed by atoms with Crippen molar-refractivity contribution < 1.29 is 17.9 Å². The van der Waals surface area contributed by atoms with E-state index in [-0.39, 0.29) is 17.5 Å². The fraction of sp³-hybridized carbons (Fsp3) is 0.733. The van der Waals surface area contributed by atoms with Gasteiger partial charge in [0.1, 0.15) is 6.61 Å². The molecule has 0 aliphatic carbocycles. The Labute approximate surface area is 127 Å². The number of hydrogen-bond acceptors (Lipinski definition) is 4. The summed E-state index contributed by atoms with van der Waals surface area (Å²) in [5.41, 5.74) is 0.289. The number of halogens is 3. The summed E-state index contributed by atoms with van der Waals surface area (Å²) in [5, 5.41) is 0. The molecule has 4 nitrogen and oxygen atoms in total. The van der Waals surface area contributed by atoms with Crippen molar-refractivity contribution in [2.75, 3.05) is 13.2 Å². The number of hydrogen-bond donors (Lipinski definition) is 0. The first-order chi connectivity index (χ1) is 10.4. The summed E-state index contributed by atoms with van der Waals surface area (Å²) in [5.74, 6) is -1.16. The van der Waals surface area contributed by atoms with E-state index in [1.165, 1.54) is 18.9 Å². The van der Waals surface area contributed by atoms with E-state index in [0.717, 1.165) is 32.0 Å². The Balaban J connectivity index is 1.64. The summed E-state index contributed by atoms with van der Waals surface area (Å²) >= 11 is 0. The Morgan fingerprint density at radius 1 is 1.41 bits per heavy atom. The molecule has 1 aromatic rings. The molecular weight excluding hydrogens is 295 g/mol. The van der Waals surface area contributed by atoms with Gasteiger partial charge >= 0.3 is 6.18 Å². The summed E-state index contributed by atoms with van der Waals surface area (Å²) < 4.78 is 43.3. The zero-order valence-corrected chi connectivity index (χ0v) is 12.6. The zero-order chi connectivity index (χ0) is 15.8. The van der Waals surface area contributed by atoms with E-state index in [1.807, 2.05) is 0 Å². The number of fused-ring (bicyclic) bond motifs is 1. The summed E-state index contributed by atoms with van der Waals surface area (Å²) in [4.78, 5) is 9.18. The summed E-state index contributed by atoms with van der Waals surface area (Å²) in [6.45, 7) is 3.65. The molecule has 7 heteroatoms. The Morgan fingerprint density at radius 3 is 2.95 bits per heavy atom. The summed E-state index contributed by atoms with van der Waals surface area (Å²) in [6.07, 6.45) is 2.25. The third-order valence-corrected chi connectivity index (χ3v) is 5.00. The molecule has 0 bridgehead atoms. The number of alkyl halides is 3. The lowest BCUT2D eigenvalue weighted by Crippen LogP contribution is -2.43. The van der Waals surface area contributed by atoms with Crippen molar-refractivity contribution in [3.05, 3.63) is 18.1 Å². The molecule has 0 N–H and O–H groups in total. The summed E-state index contributed by atoms with van der Waals surface area (Å²) in [7, 11) is 0. The molecule has 0 amide bonds. The number of rotatable bonds is 4. The van der Waals surface area contributed by atoms with Crippen LogP contribution < -0.4 is 4.74 Å². The van der Waals surface area contributed by atoms with Crippen molar-refractivity contribution in [2.45, 2.75) is 56.8 Å². The van der Waals surface area contributed by atoms with Gasteiger partial charge in [0.15, 0.2) is 0 Å². The molecule has 0 spiro atoms. The Kier molecular flexibility index (Phi) is 4.01. The van der Waals surface area contributed by atoms with E-state index in [0.29, 0.717) is 6.61 Å². The van der Waals surface area contributed by atoms with Gasteiger partial charge in [0.2, 0.25) is 11.7 Å². The quantitative estimate of drug-likeness (QED) is 0.854. The Hall–Kier alpha value is -1.37. The zero-order valence-electron chi connectivity index (χ0n) is 12.6. The maximum absolute atomic E-state index is 12.6. The van der Waals surface area contributed by atoms with Gasteiger partial charge in [0, 0.05) is 23.8 Å². The molecule has 1 aromatic heterocycles. The highest BCUT2D eigenvalue weighted by atomic mass is 19.4. The third-order valence-electron chi connectivity index (χ3n) is 5.00. The lowest BCUT2D eigenvalue weighted by atomic mass is 9.91. The van der Waals surface area contributed by atoms with E-state index < -0.39 is 12.0 Å². The van der Waals surface area contributed by atoms with Gasteiger partial charge in [-0.2, -0.15) is 18.2 Å². The molecule has 3 heterocycles. The molecular formula is C15H20F3N3O. The average Bonchev–Trinajstić information content (AvgIpc) is 3.04. The smallest absolute Gasteiger partial charge is 0.451 e. The van der Waals surface area contributed by atoms with Crippen molar-refractivity contribution in [2.24, 2.45) is 0 Å². The van der Waals surface area contributed by atoms with Gasteiger partial charge in [-0.25, -0.2) is 4.98 Å². The van der Waals surface area contributed by atoms with Gasteiger partial charge in [0.25, 0.3) is 0 Å². The van der Waals surface area contributed by atoms with E-state index in [1.54, 1.807) is 0 Å². The fourth-order valence-corrected chi connectivity index (χ4v) is 3.86. The first-order valence-electron chi connectivity index (χ1n) is 7.74. The van der Waals surface area contributed by atoms with E-state index in [2.05, 4.69) is 21.8 Å². The minimum atomic E-state index is -4.54. The fourth-order valence-electron chi connectivity index (χ4n) is 3.86. The minimum Gasteiger partial charge on any atom is -0.476 e. The van der Waals surface area contributed by atoms with Gasteiger partial charge in [0.05, 0.1) is 0 Å². The molecule has 0 radical (unpaired) electrons. The van der Waals surface area contributed by atoms with Crippen LogP contribution >= 0.6 is 0 Å². The minimum absolute atomic E-state index is 0.00415. The maximum Gasteiger partial charge on any atom is 0.451 e. The van der Waals surface area contributed by atoms with Gasteiger partial charge in [-0.05, 0) is 38.6 Å². The van der Waals surface area contributed by atoms with Crippen molar-refractivity contribution in [3.63, 3.8) is 0 Å². The third kappa shape index (κ3) is 2.78. The molecule has 2 saturated heterocycles. The highest BCUT2D eigenvalue weighted by molar-refractivity contribution is 5.11. The first-order valence-corrected chi connectivity index (χ1v) is 7.74. The lowest BCUT2D eigenvalue weighted by Gasteiger charge is -2.34. The molecule has 3 rings (SSSR count). The largest absolute Gasteiger partial charge is 0.476 e. The molecule has 0 saturated carbocycles. The molecule has 22 heavy (non-hydrogen) atoms. The van der Waals surface area contributed by atoms with Crippen LogP contribution in [-0.4, -0.2) is 39.6 Å². The molecule has 2 fully saturated rings. The van der Waals surface area contributed by atoms with Gasteiger partial charge in [-0.3, -0.25) is 4.90 Å². The second kappa shape index (κ2) is 5.68. The number of ether oxygens (including phenoxy) is 1. The van der Waals surface area contributed by atoms with Crippen molar-refractivity contribution in [1.82, 2.24) is 14.9 Å². The Bertz CT molecular complexity index is 537. The standard InChI is InChI=1S/C15H20F3N3O/c1-2-14-6-3-9-21(14)11(4-7-14)10-22-12-5-8-19-13(20-12)15(16,17)18/h5,8,11H,2-4,6-7,9-10H2,1H3/t11-,14-/m0/s1. The molecule has 122 valence electrons. The second-order valence-electron chi connectivity index (χ2n) is 6.09. The average molecular weight is 315 g/mol. The highest BCUT2D eigenvalue weighted by Crippen LogP contribution is 2.44. The van der Waals surface area contributed by atoms with Crippen molar-refractivity contribution >= 4 is 0 Å². The van der Waals surface area contributed by atoms with Crippen molar-refractivity contribution in [3.8, 4) is 5.88 Å². The van der Waals surface area contributed by atoms with E-state index in [9.17, 15) is 13.2 Å². The van der Waals surface area contributed by atoms with Crippen LogP contribution in [0.5, 0.6) is 5.88 Å². The van der Waals surface area contributed by atoms with Gasteiger partial charge < -0.3 is 4.74 Å². The predicted molar refractivity (Wildman–Crippen MR) is 74.5 cm³/mol. The molecule has 2 atom stereocenters. The maximum atomic E-state index is 12.6. The van der Waals surface area contributed by atoms with Gasteiger partial charge in [-0.1, -0.05) is 6.92 Å². The topological polar surface area (TPSA) is 38.2 Å². The molecule has 0 unspecified atom stereocenters. The Morgan fingerprint density at radius 2 is 2.23 bits per heavy atom. The first kappa shape index (κ1) is 15.5. The van der Waals surface area contributed by atoms with E-state index >= 15 is 0 Å². The SMILES string of the molecule is CC[C@@]12CCCN1[C@H](COc1ccnc(C(F)(F)F)n1)CC2. The van der Waals surface area contributed by atoms with Crippen molar-refractivity contribution in [1.29, 1.82) is 0 Å². The van der Waals surface area contributed by atoms with Crippen LogP contribution in [0.15, 0.2) is 12.3 Å². The summed E-state index contributed by atoms with van der Waals surface area (Å²) in [6, 6.07) is 1.65. The number of nitrogens with zero attached hydrogens (tertiary/aromatic N) is 3. The van der Waals surface area contributed by atoms with Crippen LogP contribution in [0.25, 0.3) is 0 Å². The monoisotopic (exact) mass is 315 g/mol. The van der Waals surface area contributed by atoms with Gasteiger partial charge in [-0.15, -0.1) is 0 Å². The van der Waals surface area contributed by atoms with Crippen LogP contribution in [0.4, 0.5) is 13.2 Å². The molecule has 2 aliphatic heterocycles. The second-order valence-corrected chi connectivity index (χ2v) is 6.09. The highest BCUT2D eigenvalue weighted by Gasteiger charge is 2.47. The lowest BCUT2D eigenvalue weighted by molar-refractivity contribution is -0.145. The molecule has 2 aliphatic rings. The van der Waals surface area contributed by atoms with E-state index in [4.69, 9.17) is 4.74 Å². The predicted octanol–water partition coefficient (Wildman–Crippen LogP) is 3.28. The van der Waals surface area contributed by atoms with Crippen LogP contribution in [0, 0.1) is 0 Å².